The quantitative estimate of drug-likeness (QED) is 0.758. The molecule has 0 aliphatic heterocycles. The highest BCUT2D eigenvalue weighted by atomic mass is 32.1. The number of hydrogen-bond acceptors (Lipinski definition) is 7. The first kappa shape index (κ1) is 16.0. The molecule has 1 heterocycles. The van der Waals surface area contributed by atoms with Crippen LogP contribution in [0.2, 0.25) is 0 Å². The van der Waals surface area contributed by atoms with Crippen LogP contribution in [0.3, 0.4) is 0 Å². The van der Waals surface area contributed by atoms with Crippen molar-refractivity contribution in [3.8, 4) is 0 Å². The predicted octanol–water partition coefficient (Wildman–Crippen LogP) is 0.453. The third-order valence-corrected chi connectivity index (χ3v) is 2.49. The van der Waals surface area contributed by atoms with Gasteiger partial charge in [-0.15, -0.1) is 5.10 Å². The van der Waals surface area contributed by atoms with Gasteiger partial charge in [0.05, 0.1) is 6.42 Å². The molecule has 1 atom stereocenters. The summed E-state index contributed by atoms with van der Waals surface area (Å²) in [6.07, 6.45) is -0.462. The van der Waals surface area contributed by atoms with Crippen molar-refractivity contribution in [1.29, 1.82) is 0 Å². The Kier molecular flexibility index (Phi) is 5.14. The number of aromatic nitrogens is 2. The van der Waals surface area contributed by atoms with Crippen LogP contribution in [0, 0.1) is 0 Å². The summed E-state index contributed by atoms with van der Waals surface area (Å²) in [4.78, 5) is 34.3. The summed E-state index contributed by atoms with van der Waals surface area (Å²) in [6.45, 7) is 5.00. The van der Waals surface area contributed by atoms with E-state index in [0.29, 0.717) is 0 Å². The molecule has 1 aromatic rings. The number of carbonyl (C=O) groups is 3. The van der Waals surface area contributed by atoms with Gasteiger partial charge in [-0.05, 0) is 32.3 Å². The number of ether oxygens (including phenoxy) is 1. The van der Waals surface area contributed by atoms with Gasteiger partial charge in [-0.25, -0.2) is 4.79 Å². The third-order valence-electron chi connectivity index (χ3n) is 1.99. The summed E-state index contributed by atoms with van der Waals surface area (Å²) < 4.78 is 8.51. The first-order valence-corrected chi connectivity index (χ1v) is 6.55. The Morgan fingerprint density at radius 3 is 2.55 bits per heavy atom. The summed E-state index contributed by atoms with van der Waals surface area (Å²) in [6, 6.07) is -1.38. The summed E-state index contributed by atoms with van der Waals surface area (Å²) >= 11 is 0.964. The topological polar surface area (TPSA) is 118 Å². The van der Waals surface area contributed by atoms with Crippen molar-refractivity contribution in [3.63, 3.8) is 0 Å². The molecule has 0 bridgehead atoms. The lowest BCUT2D eigenvalue weighted by molar-refractivity contribution is -0.158. The normalized spacial score (nSPS) is 12.6. The van der Waals surface area contributed by atoms with Crippen LogP contribution in [0.25, 0.3) is 0 Å². The molecule has 0 aromatic carbocycles. The second kappa shape index (κ2) is 6.42. The molecule has 1 rings (SSSR count). The number of aliphatic carboxylic acids is 1. The lowest BCUT2D eigenvalue weighted by Gasteiger charge is -2.21. The summed E-state index contributed by atoms with van der Waals surface area (Å²) in [5, 5.41) is 16.1. The van der Waals surface area contributed by atoms with Crippen LogP contribution in [0.1, 0.15) is 37.7 Å². The van der Waals surface area contributed by atoms with E-state index in [-0.39, 0.29) is 5.69 Å². The third kappa shape index (κ3) is 5.31. The molecule has 0 saturated heterocycles. The molecule has 9 heteroatoms. The molecule has 110 valence electrons. The van der Waals surface area contributed by atoms with E-state index < -0.39 is 35.9 Å². The van der Waals surface area contributed by atoms with Crippen LogP contribution in [0.4, 0.5) is 0 Å². The largest absolute Gasteiger partial charge is 0.480 e. The van der Waals surface area contributed by atoms with E-state index in [0.717, 1.165) is 11.5 Å². The average molecular weight is 301 g/mol. The number of rotatable bonds is 5. The number of carboxylic acids is 1. The minimum absolute atomic E-state index is 0.00504. The molecular formula is C11H15N3O5S. The standard InChI is InChI=1S/C11H15N3O5S/c1-11(2,3)19-8(15)4-6(10(17)18)12-9(16)7-5-20-14-13-7/h5-6H,4H2,1-3H3,(H,12,16)(H,17,18)/t6-/m0/s1. The van der Waals surface area contributed by atoms with Gasteiger partial charge in [0, 0.05) is 5.38 Å². The van der Waals surface area contributed by atoms with Crippen LogP contribution < -0.4 is 5.32 Å². The van der Waals surface area contributed by atoms with Crippen LogP contribution in [0.5, 0.6) is 0 Å². The maximum atomic E-state index is 11.7. The molecule has 20 heavy (non-hydrogen) atoms. The Hall–Kier alpha value is -2.03. The predicted molar refractivity (Wildman–Crippen MR) is 69.3 cm³/mol. The SMILES string of the molecule is CC(C)(C)OC(=O)C[C@H](NC(=O)c1csnn1)C(=O)O. The van der Waals surface area contributed by atoms with Gasteiger partial charge in [0.15, 0.2) is 5.69 Å². The number of carbonyl (C=O) groups excluding carboxylic acids is 2. The van der Waals surface area contributed by atoms with Gasteiger partial charge in [-0.2, -0.15) is 0 Å². The number of carboxylic acid groups (broad SMARTS) is 1. The van der Waals surface area contributed by atoms with Crippen LogP contribution in [-0.4, -0.2) is 44.2 Å². The molecule has 1 amide bonds. The van der Waals surface area contributed by atoms with E-state index in [1.807, 2.05) is 0 Å². The highest BCUT2D eigenvalue weighted by Crippen LogP contribution is 2.10. The van der Waals surface area contributed by atoms with Crippen LogP contribution >= 0.6 is 11.5 Å². The Morgan fingerprint density at radius 1 is 1.45 bits per heavy atom. The van der Waals surface area contributed by atoms with Crippen LogP contribution in [-0.2, 0) is 14.3 Å². The molecule has 1 aromatic heterocycles. The second-order valence-electron chi connectivity index (χ2n) is 4.95. The summed E-state index contributed by atoms with van der Waals surface area (Å²) in [5.41, 5.74) is -0.714. The molecular weight excluding hydrogens is 286 g/mol. The zero-order chi connectivity index (χ0) is 15.3. The van der Waals surface area contributed by atoms with Gasteiger partial charge >= 0.3 is 11.9 Å². The molecule has 2 N–H and O–H groups in total. The molecule has 8 nitrogen and oxygen atoms in total. The Balaban J connectivity index is 2.64. The zero-order valence-electron chi connectivity index (χ0n) is 11.2. The molecule has 0 aliphatic carbocycles. The number of nitrogens with one attached hydrogen (secondary N) is 1. The summed E-state index contributed by atoms with van der Waals surface area (Å²) in [7, 11) is 0. The Morgan fingerprint density at radius 2 is 2.10 bits per heavy atom. The molecule has 0 radical (unpaired) electrons. The maximum absolute atomic E-state index is 11.7. The lowest BCUT2D eigenvalue weighted by Crippen LogP contribution is -2.43. The Labute approximate surface area is 119 Å². The van der Waals surface area contributed by atoms with Crippen molar-refractivity contribution in [1.82, 2.24) is 14.9 Å². The Bertz CT molecular complexity index is 495. The number of amides is 1. The molecule has 0 spiro atoms. The average Bonchev–Trinajstić information content (AvgIpc) is 2.78. The lowest BCUT2D eigenvalue weighted by atomic mass is 10.1. The van der Waals surface area contributed by atoms with Gasteiger partial charge in [0.25, 0.3) is 5.91 Å². The first-order valence-electron chi connectivity index (χ1n) is 5.71. The fourth-order valence-corrected chi connectivity index (χ4v) is 1.68. The highest BCUT2D eigenvalue weighted by Gasteiger charge is 2.27. The van der Waals surface area contributed by atoms with Crippen molar-refractivity contribution in [2.45, 2.75) is 38.8 Å². The van der Waals surface area contributed by atoms with E-state index in [4.69, 9.17) is 9.84 Å². The van der Waals surface area contributed by atoms with E-state index in [2.05, 4.69) is 14.9 Å². The molecule has 0 saturated carbocycles. The number of esters is 1. The zero-order valence-corrected chi connectivity index (χ0v) is 12.1. The minimum atomic E-state index is -1.38. The molecule has 0 unspecified atom stereocenters. The molecule has 0 fully saturated rings. The van der Waals surface area contributed by atoms with Crippen molar-refractivity contribution < 1.29 is 24.2 Å². The van der Waals surface area contributed by atoms with Gasteiger partial charge in [0.1, 0.15) is 11.6 Å². The smallest absolute Gasteiger partial charge is 0.326 e. The monoisotopic (exact) mass is 301 g/mol. The fourth-order valence-electron chi connectivity index (χ4n) is 1.25. The van der Waals surface area contributed by atoms with E-state index in [1.165, 1.54) is 5.38 Å². The highest BCUT2D eigenvalue weighted by molar-refractivity contribution is 7.03. The van der Waals surface area contributed by atoms with Gasteiger partial charge in [0.2, 0.25) is 0 Å². The van der Waals surface area contributed by atoms with Crippen LogP contribution in [0.15, 0.2) is 5.38 Å². The fraction of sp³-hybridized carbons (Fsp3) is 0.545. The van der Waals surface area contributed by atoms with Crippen molar-refractivity contribution in [2.24, 2.45) is 0 Å². The summed E-state index contributed by atoms with van der Waals surface area (Å²) in [5.74, 6) is -2.73. The number of nitrogens with zero attached hydrogens (tertiary/aromatic N) is 2. The van der Waals surface area contributed by atoms with Gasteiger partial charge in [-0.3, -0.25) is 9.59 Å². The van der Waals surface area contributed by atoms with E-state index in [1.54, 1.807) is 20.8 Å². The maximum Gasteiger partial charge on any atom is 0.326 e. The van der Waals surface area contributed by atoms with Gasteiger partial charge < -0.3 is 15.2 Å². The van der Waals surface area contributed by atoms with Crippen molar-refractivity contribution in [3.05, 3.63) is 11.1 Å². The second-order valence-corrected chi connectivity index (χ2v) is 5.55. The van der Waals surface area contributed by atoms with Gasteiger partial charge in [-0.1, -0.05) is 4.49 Å². The minimum Gasteiger partial charge on any atom is -0.480 e. The first-order chi connectivity index (χ1) is 9.19. The molecule has 0 aliphatic rings. The van der Waals surface area contributed by atoms with Crippen molar-refractivity contribution >= 4 is 29.4 Å². The number of hydrogen-bond donors (Lipinski definition) is 2. The van der Waals surface area contributed by atoms with E-state index in [9.17, 15) is 14.4 Å². The van der Waals surface area contributed by atoms with E-state index >= 15 is 0 Å². The van der Waals surface area contributed by atoms with Crippen molar-refractivity contribution in [2.75, 3.05) is 0 Å².